The second-order valence-electron chi connectivity index (χ2n) is 13.3. The summed E-state index contributed by atoms with van der Waals surface area (Å²) in [5, 5.41) is 15.3. The Morgan fingerprint density at radius 2 is 1.94 bits per heavy atom. The number of hydrogen-bond donors (Lipinski definition) is 2. The van der Waals surface area contributed by atoms with E-state index in [1.54, 1.807) is 50.2 Å². The first kappa shape index (κ1) is 35.9. The highest BCUT2D eigenvalue weighted by atomic mass is 35.5. The van der Waals surface area contributed by atoms with Crippen LogP contribution in [-0.2, 0) is 23.4 Å². The first-order valence-corrected chi connectivity index (χ1v) is 17.4. The molecule has 260 valence electrons. The lowest BCUT2D eigenvalue weighted by Crippen LogP contribution is -2.48. The number of aliphatic hydroxyl groups is 1. The molecule has 3 heterocycles. The number of benzene rings is 2. The molecule has 4 aromatic rings. The molecule has 2 N–H and O–H groups in total. The van der Waals surface area contributed by atoms with E-state index in [9.17, 15) is 14.5 Å². The van der Waals surface area contributed by atoms with Gasteiger partial charge in [-0.25, -0.2) is 23.9 Å². The van der Waals surface area contributed by atoms with Gasteiger partial charge in [-0.2, -0.15) is 5.09 Å². The van der Waals surface area contributed by atoms with E-state index in [1.165, 1.54) is 17.8 Å². The molecule has 0 unspecified atom stereocenters. The Bertz CT molecular complexity index is 1830. The predicted molar refractivity (Wildman–Crippen MR) is 180 cm³/mol. The zero-order chi connectivity index (χ0) is 35.0. The van der Waals surface area contributed by atoms with Gasteiger partial charge in [0, 0.05) is 19.5 Å². The lowest BCUT2D eigenvalue weighted by atomic mass is 9.99. The summed E-state index contributed by atoms with van der Waals surface area (Å²) in [5.41, 5.74) is -1.52. The van der Waals surface area contributed by atoms with Crippen molar-refractivity contribution in [2.45, 2.75) is 64.8 Å². The molecule has 1 saturated heterocycles. The van der Waals surface area contributed by atoms with Gasteiger partial charge >= 0.3 is 13.7 Å². The SMILES string of the molecule is Cc1nc(N(C)C)c2ncn([C@@H]3O[C@](CCl)(CO[P@@](=O)(N[C@H](C)C(=O)OCC(C)(C)C)Oc4cccc5ccccc45)[C@@H](O)[C@H]3F)c2n1. The van der Waals surface area contributed by atoms with Crippen molar-refractivity contribution in [2.24, 2.45) is 5.41 Å². The minimum absolute atomic E-state index is 0.116. The molecule has 1 aliphatic heterocycles. The highest BCUT2D eigenvalue weighted by Crippen LogP contribution is 2.50. The predicted octanol–water partition coefficient (Wildman–Crippen LogP) is 5.33. The third kappa shape index (κ3) is 7.44. The molecule has 13 nitrogen and oxygen atoms in total. The number of anilines is 1. The average Bonchev–Trinajstić information content (AvgIpc) is 3.56. The molecule has 0 aliphatic carbocycles. The van der Waals surface area contributed by atoms with Crippen molar-refractivity contribution in [2.75, 3.05) is 38.1 Å². The van der Waals surface area contributed by atoms with Gasteiger partial charge < -0.3 is 24.0 Å². The van der Waals surface area contributed by atoms with Crippen molar-refractivity contribution < 1.29 is 37.4 Å². The summed E-state index contributed by atoms with van der Waals surface area (Å²) in [6.07, 6.45) is -3.91. The summed E-state index contributed by atoms with van der Waals surface area (Å²) in [5.74, 6) is -0.00681. The summed E-state index contributed by atoms with van der Waals surface area (Å²) >= 11 is 6.36. The van der Waals surface area contributed by atoms with Crippen LogP contribution in [-0.4, -0.2) is 87.7 Å². The second kappa shape index (κ2) is 13.9. The number of aromatic nitrogens is 4. The number of esters is 1. The number of halogens is 2. The average molecular weight is 707 g/mol. The zero-order valence-corrected chi connectivity index (χ0v) is 29.5. The van der Waals surface area contributed by atoms with Gasteiger partial charge in [0.1, 0.15) is 29.3 Å². The number of hydrogen-bond acceptors (Lipinski definition) is 11. The molecular formula is C32H41ClFN6O7P. The van der Waals surface area contributed by atoms with E-state index < -0.39 is 56.3 Å². The maximum atomic E-state index is 16.0. The van der Waals surface area contributed by atoms with Crippen LogP contribution in [0.2, 0.25) is 0 Å². The minimum atomic E-state index is -4.49. The van der Waals surface area contributed by atoms with Crippen LogP contribution in [0.3, 0.4) is 0 Å². The molecule has 1 fully saturated rings. The van der Waals surface area contributed by atoms with Gasteiger partial charge in [-0.1, -0.05) is 57.2 Å². The third-order valence-electron chi connectivity index (χ3n) is 7.71. The number of ether oxygens (including phenoxy) is 2. The van der Waals surface area contributed by atoms with Crippen LogP contribution in [0.1, 0.15) is 39.7 Å². The van der Waals surface area contributed by atoms with Crippen LogP contribution in [0.4, 0.5) is 10.2 Å². The topological polar surface area (TPSA) is 150 Å². The lowest BCUT2D eigenvalue weighted by molar-refractivity contribution is -0.148. The summed E-state index contributed by atoms with van der Waals surface area (Å²) in [4.78, 5) is 27.9. The Morgan fingerprint density at radius 3 is 2.62 bits per heavy atom. The van der Waals surface area contributed by atoms with E-state index in [-0.39, 0.29) is 23.4 Å². The molecule has 48 heavy (non-hydrogen) atoms. The number of carbonyl (C=O) groups is 1. The fraction of sp³-hybridized carbons (Fsp3) is 0.500. The van der Waals surface area contributed by atoms with Crippen molar-refractivity contribution >= 4 is 53.1 Å². The van der Waals surface area contributed by atoms with Gasteiger partial charge in [0.15, 0.2) is 29.4 Å². The van der Waals surface area contributed by atoms with Gasteiger partial charge in [-0.05, 0) is 30.7 Å². The second-order valence-corrected chi connectivity index (χ2v) is 15.2. The minimum Gasteiger partial charge on any atom is -0.464 e. The molecule has 0 saturated carbocycles. The molecular weight excluding hydrogens is 666 g/mol. The quantitative estimate of drug-likeness (QED) is 0.111. The molecule has 0 radical (unpaired) electrons. The number of nitrogens with one attached hydrogen (secondary N) is 1. The number of alkyl halides is 2. The van der Waals surface area contributed by atoms with Crippen LogP contribution in [0.15, 0.2) is 48.8 Å². The Balaban J connectivity index is 1.44. The number of fused-ring (bicyclic) bond motifs is 2. The third-order valence-corrected chi connectivity index (χ3v) is 9.77. The van der Waals surface area contributed by atoms with Gasteiger partial charge in [0.05, 0.1) is 25.4 Å². The Hall–Kier alpha value is -3.39. The number of imidazole rings is 1. The molecule has 1 aliphatic rings. The highest BCUT2D eigenvalue weighted by Gasteiger charge is 2.57. The summed E-state index contributed by atoms with van der Waals surface area (Å²) in [7, 11) is -0.899. The number of nitrogens with zero attached hydrogens (tertiary/aromatic N) is 5. The Labute approximate surface area is 283 Å². The molecule has 2 aromatic heterocycles. The summed E-state index contributed by atoms with van der Waals surface area (Å²) in [6, 6.07) is 11.3. The first-order valence-electron chi connectivity index (χ1n) is 15.4. The smallest absolute Gasteiger partial charge is 0.459 e. The molecule has 16 heteroatoms. The standard InChI is InChI=1S/C32H41ClFN6O7P/c1-19(30(42)44-16-31(3,4)5)38-48(43,47-23-14-10-12-21-11-8-9-13-22(21)23)45-17-32(15-33)26(41)24(34)29(46-32)40-18-35-25-27(39(6)7)36-20(2)37-28(25)40/h8-14,18-19,24,26,29,41H,15-17H2,1-7H3,(H,38,43)/t19-,24-,26+,29-,32-,48+/m1/s1. The van der Waals surface area contributed by atoms with Crippen molar-refractivity contribution in [3.8, 4) is 5.75 Å². The maximum Gasteiger partial charge on any atom is 0.459 e. The van der Waals surface area contributed by atoms with Gasteiger partial charge in [0.2, 0.25) is 0 Å². The maximum absolute atomic E-state index is 16.0. The normalized spacial score (nSPS) is 23.2. The molecule has 0 amide bonds. The number of carbonyl (C=O) groups excluding carboxylic acids is 1. The van der Waals surface area contributed by atoms with Gasteiger partial charge in [-0.3, -0.25) is 13.9 Å². The summed E-state index contributed by atoms with van der Waals surface area (Å²) in [6.45, 7) is 8.29. The van der Waals surface area contributed by atoms with Crippen LogP contribution in [0.25, 0.3) is 21.9 Å². The van der Waals surface area contributed by atoms with Crippen LogP contribution >= 0.6 is 19.3 Å². The van der Waals surface area contributed by atoms with E-state index in [4.69, 9.17) is 30.1 Å². The van der Waals surface area contributed by atoms with Crippen molar-refractivity contribution in [3.63, 3.8) is 0 Å². The van der Waals surface area contributed by atoms with E-state index in [1.807, 2.05) is 39.0 Å². The monoisotopic (exact) mass is 706 g/mol. The van der Waals surface area contributed by atoms with Crippen LogP contribution in [0.5, 0.6) is 5.75 Å². The number of aryl methyl sites for hydroxylation is 1. The number of aliphatic hydroxyl groups excluding tert-OH is 1. The van der Waals surface area contributed by atoms with Crippen LogP contribution in [0, 0.1) is 12.3 Å². The first-order chi connectivity index (χ1) is 22.6. The number of rotatable bonds is 12. The fourth-order valence-corrected chi connectivity index (χ4v) is 7.06. The van der Waals surface area contributed by atoms with E-state index >= 15 is 4.39 Å². The Kier molecular flexibility index (Phi) is 10.4. The molecule has 5 rings (SSSR count). The molecule has 0 spiro atoms. The van der Waals surface area contributed by atoms with Crippen LogP contribution < -0.4 is 14.5 Å². The Morgan fingerprint density at radius 1 is 1.23 bits per heavy atom. The van der Waals surface area contributed by atoms with Gasteiger partial charge in [-0.15, -0.1) is 11.6 Å². The van der Waals surface area contributed by atoms with E-state index in [0.29, 0.717) is 22.5 Å². The molecule has 6 atom stereocenters. The summed E-state index contributed by atoms with van der Waals surface area (Å²) < 4.78 is 55.3. The molecule has 0 bridgehead atoms. The van der Waals surface area contributed by atoms with Crippen molar-refractivity contribution in [3.05, 3.63) is 54.6 Å². The zero-order valence-electron chi connectivity index (χ0n) is 27.9. The van der Waals surface area contributed by atoms with E-state index in [0.717, 1.165) is 5.39 Å². The van der Waals surface area contributed by atoms with Crippen molar-refractivity contribution in [1.82, 2.24) is 24.6 Å². The highest BCUT2D eigenvalue weighted by molar-refractivity contribution is 7.52. The van der Waals surface area contributed by atoms with E-state index in [2.05, 4.69) is 20.0 Å². The van der Waals surface area contributed by atoms with Crippen molar-refractivity contribution in [1.29, 1.82) is 0 Å². The van der Waals surface area contributed by atoms with Gasteiger partial charge in [0.25, 0.3) is 0 Å². The fourth-order valence-electron chi connectivity index (χ4n) is 5.20. The molecule has 2 aromatic carbocycles. The largest absolute Gasteiger partial charge is 0.464 e. The lowest BCUT2D eigenvalue weighted by Gasteiger charge is -2.32.